The van der Waals surface area contributed by atoms with Crippen molar-refractivity contribution in [1.82, 2.24) is 0 Å². The molecule has 1 heterocycles. The SMILES string of the molecule is C=NC(=S)[S-].C[NH+]1CCCCC1. The minimum Gasteiger partial charge on any atom is -0.409 e. The van der Waals surface area contributed by atoms with Crippen molar-refractivity contribution in [3.8, 4) is 0 Å². The van der Waals surface area contributed by atoms with Gasteiger partial charge in [-0.25, -0.2) is 0 Å². The lowest BCUT2D eigenvalue weighted by Gasteiger charge is -2.17. The fourth-order valence-electron chi connectivity index (χ4n) is 1.16. The molecule has 12 heavy (non-hydrogen) atoms. The molecule has 0 radical (unpaired) electrons. The largest absolute Gasteiger partial charge is 0.409 e. The van der Waals surface area contributed by atoms with Crippen LogP contribution in [0.25, 0.3) is 0 Å². The lowest BCUT2D eigenvalue weighted by molar-refractivity contribution is -0.884. The fraction of sp³-hybridized carbons (Fsp3) is 0.750. The number of hydrogen-bond acceptors (Lipinski definition) is 2. The van der Waals surface area contributed by atoms with Crippen molar-refractivity contribution < 1.29 is 4.90 Å². The topological polar surface area (TPSA) is 16.8 Å². The van der Waals surface area contributed by atoms with E-state index in [-0.39, 0.29) is 4.32 Å². The lowest BCUT2D eigenvalue weighted by Crippen LogP contribution is -3.09. The number of piperidine rings is 1. The van der Waals surface area contributed by atoms with Crippen molar-refractivity contribution in [2.75, 3.05) is 20.1 Å². The van der Waals surface area contributed by atoms with Gasteiger partial charge < -0.3 is 29.7 Å². The molecule has 0 aromatic carbocycles. The smallest absolute Gasteiger partial charge is 0.0768 e. The summed E-state index contributed by atoms with van der Waals surface area (Å²) in [6.07, 6.45) is 4.37. The molecule has 2 nitrogen and oxygen atoms in total. The van der Waals surface area contributed by atoms with E-state index in [9.17, 15) is 0 Å². The van der Waals surface area contributed by atoms with E-state index in [1.807, 2.05) is 0 Å². The predicted molar refractivity (Wildman–Crippen MR) is 60.0 cm³/mol. The van der Waals surface area contributed by atoms with Crippen LogP contribution in [0.1, 0.15) is 19.3 Å². The minimum atomic E-state index is 0.185. The van der Waals surface area contributed by atoms with E-state index in [0.29, 0.717) is 0 Å². The standard InChI is InChI=1S/C6H13N.C2H3NS2/c1-7-5-3-2-4-6-7;1-3-2(4)5/h2-6H2,1H3;1H2,(H,4,5). The number of nitrogens with one attached hydrogen (secondary N) is 1. The zero-order chi connectivity index (χ0) is 9.40. The van der Waals surface area contributed by atoms with Crippen molar-refractivity contribution in [3.63, 3.8) is 0 Å². The quantitative estimate of drug-likeness (QED) is 0.345. The first-order valence-electron chi connectivity index (χ1n) is 4.16. The summed E-state index contributed by atoms with van der Waals surface area (Å²) in [5, 5.41) is 0. The average molecular weight is 204 g/mol. The van der Waals surface area contributed by atoms with E-state index >= 15 is 0 Å². The van der Waals surface area contributed by atoms with Crippen molar-refractivity contribution in [1.29, 1.82) is 0 Å². The molecular formula is C8H16N2S2. The summed E-state index contributed by atoms with van der Waals surface area (Å²) >= 11 is 8.56. The number of likely N-dealkylation sites (tertiary alicyclic amines) is 1. The van der Waals surface area contributed by atoms with Crippen LogP contribution in [-0.4, -0.2) is 31.2 Å². The number of aliphatic imine (C=N–C) groups is 1. The summed E-state index contributed by atoms with van der Waals surface area (Å²) in [4.78, 5) is 4.90. The second kappa shape index (κ2) is 7.58. The van der Waals surface area contributed by atoms with Crippen LogP contribution in [0.2, 0.25) is 0 Å². The van der Waals surface area contributed by atoms with Gasteiger partial charge in [-0.1, -0.05) is 0 Å². The molecule has 1 aliphatic rings. The van der Waals surface area contributed by atoms with Crippen molar-refractivity contribution in [3.05, 3.63) is 0 Å². The van der Waals surface area contributed by atoms with E-state index in [1.165, 1.54) is 32.4 Å². The Hall–Kier alpha value is -0.0600. The summed E-state index contributed by atoms with van der Waals surface area (Å²) in [7, 11) is 2.28. The maximum Gasteiger partial charge on any atom is 0.0768 e. The molecule has 0 aromatic heterocycles. The van der Waals surface area contributed by atoms with Crippen LogP contribution in [0.3, 0.4) is 0 Å². The second-order valence-corrected chi connectivity index (χ2v) is 3.97. The van der Waals surface area contributed by atoms with Crippen LogP contribution in [0.4, 0.5) is 0 Å². The first-order chi connectivity index (χ1) is 5.66. The molecular weight excluding hydrogens is 188 g/mol. The molecule has 1 rings (SSSR count). The monoisotopic (exact) mass is 204 g/mol. The molecule has 4 heteroatoms. The third-order valence-corrected chi connectivity index (χ3v) is 2.09. The number of rotatable bonds is 0. The maximum atomic E-state index is 4.28. The summed E-state index contributed by atoms with van der Waals surface area (Å²) in [5.74, 6) is 0. The summed E-state index contributed by atoms with van der Waals surface area (Å²) in [6, 6.07) is 0. The second-order valence-electron chi connectivity index (χ2n) is 2.94. The third kappa shape index (κ3) is 8.04. The van der Waals surface area contributed by atoms with E-state index < -0.39 is 0 Å². The Balaban J connectivity index is 0.000000217. The molecule has 1 saturated heterocycles. The van der Waals surface area contributed by atoms with Crippen LogP contribution in [-0.2, 0) is 12.6 Å². The van der Waals surface area contributed by atoms with Gasteiger partial charge in [-0.15, -0.1) is 0 Å². The fourth-order valence-corrected chi connectivity index (χ4v) is 1.16. The number of hydrogen-bond donors (Lipinski definition) is 1. The Labute approximate surface area is 85.5 Å². The number of nitrogens with zero attached hydrogens (tertiary/aromatic N) is 1. The van der Waals surface area contributed by atoms with Gasteiger partial charge in [0.25, 0.3) is 0 Å². The van der Waals surface area contributed by atoms with Crippen molar-refractivity contribution in [2.45, 2.75) is 19.3 Å². The lowest BCUT2D eigenvalue weighted by atomic mass is 10.1. The van der Waals surface area contributed by atoms with Gasteiger partial charge >= 0.3 is 0 Å². The molecule has 0 atom stereocenters. The van der Waals surface area contributed by atoms with Gasteiger partial charge in [0, 0.05) is 0 Å². The Morgan fingerprint density at radius 3 is 2.00 bits per heavy atom. The highest BCUT2D eigenvalue weighted by Gasteiger charge is 2.05. The summed E-state index contributed by atoms with van der Waals surface area (Å²) in [6.45, 7) is 5.87. The predicted octanol–water partition coefficient (Wildman–Crippen LogP) is 0.204. The molecule has 0 amide bonds. The molecule has 0 aliphatic carbocycles. The van der Waals surface area contributed by atoms with Crippen LogP contribution in [0, 0.1) is 0 Å². The molecule has 0 saturated carbocycles. The highest BCUT2D eigenvalue weighted by Crippen LogP contribution is 1.92. The van der Waals surface area contributed by atoms with E-state index in [4.69, 9.17) is 0 Å². The van der Waals surface area contributed by atoms with Crippen LogP contribution < -0.4 is 4.90 Å². The van der Waals surface area contributed by atoms with Crippen molar-refractivity contribution in [2.24, 2.45) is 4.99 Å². The van der Waals surface area contributed by atoms with Crippen LogP contribution in [0.15, 0.2) is 4.99 Å². The Morgan fingerprint density at radius 2 is 1.83 bits per heavy atom. The number of thiocarbonyl (C=S) groups is 1. The highest BCUT2D eigenvalue weighted by atomic mass is 32.1. The normalized spacial score (nSPS) is 17.4. The molecule has 0 bridgehead atoms. The van der Waals surface area contributed by atoms with Gasteiger partial charge in [0.1, 0.15) is 0 Å². The van der Waals surface area contributed by atoms with Gasteiger partial charge in [-0.05, 0) is 30.3 Å². The maximum absolute atomic E-state index is 4.28. The first-order valence-corrected chi connectivity index (χ1v) is 4.97. The third-order valence-electron chi connectivity index (χ3n) is 1.84. The Kier molecular flexibility index (Phi) is 7.54. The first kappa shape index (κ1) is 11.9. The van der Waals surface area contributed by atoms with E-state index in [1.54, 1.807) is 4.90 Å². The van der Waals surface area contributed by atoms with E-state index in [0.717, 1.165) is 0 Å². The Bertz CT molecular complexity index is 142. The zero-order valence-corrected chi connectivity index (χ0v) is 9.14. The molecule has 1 N–H and O–H groups in total. The molecule has 70 valence electrons. The van der Waals surface area contributed by atoms with Gasteiger partial charge in [0.05, 0.1) is 20.1 Å². The van der Waals surface area contributed by atoms with Crippen molar-refractivity contribution >= 4 is 35.9 Å². The van der Waals surface area contributed by atoms with E-state index in [2.05, 4.69) is 43.6 Å². The van der Waals surface area contributed by atoms with Gasteiger partial charge in [0.2, 0.25) is 0 Å². The number of quaternary nitrogens is 1. The minimum absolute atomic E-state index is 0.185. The van der Waals surface area contributed by atoms with Crippen LogP contribution >= 0.6 is 12.2 Å². The molecule has 0 spiro atoms. The molecule has 0 aromatic rings. The van der Waals surface area contributed by atoms with Crippen LogP contribution in [0.5, 0.6) is 0 Å². The highest BCUT2D eigenvalue weighted by molar-refractivity contribution is 8.00. The molecule has 1 fully saturated rings. The molecule has 1 aliphatic heterocycles. The Morgan fingerprint density at radius 1 is 1.42 bits per heavy atom. The summed E-state index contributed by atoms with van der Waals surface area (Å²) in [5.41, 5.74) is 0. The zero-order valence-electron chi connectivity index (χ0n) is 7.51. The average Bonchev–Trinajstić information content (AvgIpc) is 2.07. The van der Waals surface area contributed by atoms with Gasteiger partial charge in [0.15, 0.2) is 0 Å². The van der Waals surface area contributed by atoms with Gasteiger partial charge in [-0.3, -0.25) is 4.99 Å². The van der Waals surface area contributed by atoms with Gasteiger partial charge in [-0.2, -0.15) is 0 Å². The molecule has 0 unspecified atom stereocenters. The summed E-state index contributed by atoms with van der Waals surface area (Å²) < 4.78 is 0.185.